The molecule has 7 heteroatoms. The van der Waals surface area contributed by atoms with Crippen LogP contribution in [0.3, 0.4) is 0 Å². The minimum absolute atomic E-state index is 0.288. The second-order valence-corrected chi connectivity index (χ2v) is 11.8. The number of nitrogens with one attached hydrogen (secondary N) is 1. The highest BCUT2D eigenvalue weighted by Crippen LogP contribution is 2.35. The zero-order valence-corrected chi connectivity index (χ0v) is 26.5. The number of aryl methyl sites for hydroxylation is 1. The van der Waals surface area contributed by atoms with Gasteiger partial charge in [-0.2, -0.15) is 5.10 Å². The van der Waals surface area contributed by atoms with Gasteiger partial charge in [-0.15, -0.1) is 0 Å². The fraction of sp³-hybridized carbons (Fsp3) is 0.0556. The van der Waals surface area contributed by atoms with Crippen LogP contribution in [-0.2, 0) is 6.61 Å². The highest BCUT2D eigenvalue weighted by atomic mass is 79.9. The highest BCUT2D eigenvalue weighted by molar-refractivity contribution is 9.11. The fourth-order valence-electron chi connectivity index (χ4n) is 4.98. The number of fused-ring (bicyclic) bond motifs is 1. The number of hydrazone groups is 1. The molecule has 0 saturated carbocycles. The van der Waals surface area contributed by atoms with Gasteiger partial charge in [0.15, 0.2) is 0 Å². The number of hydrogen-bond acceptors (Lipinski definition) is 3. The normalized spacial score (nSPS) is 11.2. The van der Waals surface area contributed by atoms with Crippen molar-refractivity contribution in [2.24, 2.45) is 5.10 Å². The fourth-order valence-corrected chi connectivity index (χ4v) is 6.43. The third-order valence-electron chi connectivity index (χ3n) is 7.13. The standard InChI is InChI=1S/C36H27Br2N3O2/c1-24-11-18-34(28-8-3-2-4-9-28)41(24)31-16-14-29(15-17-31)36(42)40-39-22-26-20-32(37)35(33(38)21-26)43-23-25-12-13-27-7-5-6-10-30(27)19-25/h2-22H,23H2,1H3,(H,40,42)/b39-22+. The van der Waals surface area contributed by atoms with E-state index in [9.17, 15) is 4.79 Å². The molecule has 0 fully saturated rings. The number of halogens is 2. The van der Waals surface area contributed by atoms with Crippen LogP contribution in [0.5, 0.6) is 5.75 Å². The molecule has 6 rings (SSSR count). The van der Waals surface area contributed by atoms with Gasteiger partial charge in [-0.3, -0.25) is 4.79 Å². The van der Waals surface area contributed by atoms with Crippen LogP contribution in [0.1, 0.15) is 27.2 Å². The topological polar surface area (TPSA) is 55.6 Å². The lowest BCUT2D eigenvalue weighted by atomic mass is 10.1. The van der Waals surface area contributed by atoms with E-state index in [2.05, 4.69) is 108 Å². The van der Waals surface area contributed by atoms with Gasteiger partial charge in [-0.25, -0.2) is 5.43 Å². The minimum atomic E-state index is -0.288. The van der Waals surface area contributed by atoms with Crippen LogP contribution in [0, 0.1) is 6.92 Å². The second kappa shape index (κ2) is 12.8. The van der Waals surface area contributed by atoms with Crippen LogP contribution < -0.4 is 10.2 Å². The van der Waals surface area contributed by atoms with Gasteiger partial charge in [-0.05, 0) is 121 Å². The molecule has 1 N–H and O–H groups in total. The predicted octanol–water partition coefficient (Wildman–Crippen LogP) is 9.47. The van der Waals surface area contributed by atoms with E-state index in [1.165, 1.54) is 10.8 Å². The van der Waals surface area contributed by atoms with Crippen LogP contribution in [-0.4, -0.2) is 16.7 Å². The van der Waals surface area contributed by atoms with Crippen LogP contribution in [0.4, 0.5) is 0 Å². The lowest BCUT2D eigenvalue weighted by Crippen LogP contribution is -2.17. The number of amides is 1. The molecule has 212 valence electrons. The third kappa shape index (κ3) is 6.48. The van der Waals surface area contributed by atoms with Gasteiger partial charge in [0.25, 0.3) is 5.91 Å². The van der Waals surface area contributed by atoms with Crippen molar-refractivity contribution >= 4 is 54.8 Å². The van der Waals surface area contributed by atoms with E-state index in [1.54, 1.807) is 6.21 Å². The van der Waals surface area contributed by atoms with Crippen molar-refractivity contribution < 1.29 is 9.53 Å². The Hall–Kier alpha value is -4.46. The molecule has 0 aliphatic carbocycles. The Balaban J connectivity index is 1.09. The summed E-state index contributed by atoms with van der Waals surface area (Å²) in [6, 6.07) is 40.3. The molecule has 1 amide bonds. The maximum absolute atomic E-state index is 12.8. The van der Waals surface area contributed by atoms with Gasteiger partial charge in [0.2, 0.25) is 0 Å². The Morgan fingerprint density at radius 1 is 0.814 bits per heavy atom. The van der Waals surface area contributed by atoms with E-state index in [1.807, 2.05) is 66.7 Å². The number of benzene rings is 5. The van der Waals surface area contributed by atoms with Crippen molar-refractivity contribution in [2.45, 2.75) is 13.5 Å². The van der Waals surface area contributed by atoms with Crippen molar-refractivity contribution in [2.75, 3.05) is 0 Å². The van der Waals surface area contributed by atoms with Gasteiger partial charge < -0.3 is 9.30 Å². The molecule has 0 bridgehead atoms. The zero-order chi connectivity index (χ0) is 29.8. The Labute approximate surface area is 267 Å². The van der Waals surface area contributed by atoms with Gasteiger partial charge >= 0.3 is 0 Å². The maximum atomic E-state index is 12.8. The van der Waals surface area contributed by atoms with E-state index < -0.39 is 0 Å². The smallest absolute Gasteiger partial charge is 0.271 e. The molecule has 0 saturated heterocycles. The lowest BCUT2D eigenvalue weighted by Gasteiger charge is -2.13. The summed E-state index contributed by atoms with van der Waals surface area (Å²) in [6.07, 6.45) is 1.60. The van der Waals surface area contributed by atoms with Crippen LogP contribution in [0.15, 0.2) is 135 Å². The van der Waals surface area contributed by atoms with E-state index in [-0.39, 0.29) is 5.91 Å². The average molecular weight is 693 g/mol. The molecule has 43 heavy (non-hydrogen) atoms. The Morgan fingerprint density at radius 3 is 2.26 bits per heavy atom. The Kier molecular flexibility index (Phi) is 8.54. The number of nitrogens with zero attached hydrogens (tertiary/aromatic N) is 2. The van der Waals surface area contributed by atoms with Crippen molar-refractivity contribution in [3.05, 3.63) is 153 Å². The molecule has 0 aliphatic heterocycles. The molecule has 5 aromatic carbocycles. The molecule has 6 aromatic rings. The summed E-state index contributed by atoms with van der Waals surface area (Å²) in [6.45, 7) is 2.50. The van der Waals surface area contributed by atoms with Crippen LogP contribution >= 0.6 is 31.9 Å². The number of rotatable bonds is 8. The molecule has 1 aromatic heterocycles. The molecular formula is C36H27Br2N3O2. The minimum Gasteiger partial charge on any atom is -0.487 e. The molecule has 1 heterocycles. The molecular weight excluding hydrogens is 666 g/mol. The summed E-state index contributed by atoms with van der Waals surface area (Å²) in [5.41, 5.74) is 9.36. The van der Waals surface area contributed by atoms with Gasteiger partial charge in [0.1, 0.15) is 12.4 Å². The summed E-state index contributed by atoms with van der Waals surface area (Å²) < 4.78 is 9.86. The van der Waals surface area contributed by atoms with Crippen molar-refractivity contribution in [1.29, 1.82) is 0 Å². The molecule has 0 atom stereocenters. The number of carbonyl (C=O) groups is 1. The summed E-state index contributed by atoms with van der Waals surface area (Å²) in [4.78, 5) is 12.8. The second-order valence-electron chi connectivity index (χ2n) is 10.1. The first-order valence-corrected chi connectivity index (χ1v) is 15.3. The van der Waals surface area contributed by atoms with E-state index >= 15 is 0 Å². The average Bonchev–Trinajstić information content (AvgIpc) is 3.42. The summed E-state index contributed by atoms with van der Waals surface area (Å²) in [5.74, 6) is 0.409. The first-order valence-electron chi connectivity index (χ1n) is 13.7. The number of ether oxygens (including phenoxy) is 1. The molecule has 0 aliphatic rings. The maximum Gasteiger partial charge on any atom is 0.271 e. The Morgan fingerprint density at radius 2 is 1.51 bits per heavy atom. The lowest BCUT2D eigenvalue weighted by molar-refractivity contribution is 0.0955. The quantitative estimate of drug-likeness (QED) is 0.128. The molecule has 0 radical (unpaired) electrons. The van der Waals surface area contributed by atoms with Gasteiger partial charge in [0.05, 0.1) is 20.9 Å². The van der Waals surface area contributed by atoms with Gasteiger partial charge in [-0.1, -0.05) is 66.7 Å². The summed E-state index contributed by atoms with van der Waals surface area (Å²) in [5, 5.41) is 6.56. The van der Waals surface area contributed by atoms with Crippen LogP contribution in [0.25, 0.3) is 27.7 Å². The summed E-state index contributed by atoms with van der Waals surface area (Å²) >= 11 is 7.22. The zero-order valence-electron chi connectivity index (χ0n) is 23.3. The Bertz CT molecular complexity index is 1920. The van der Waals surface area contributed by atoms with Gasteiger partial charge in [0, 0.05) is 16.9 Å². The highest BCUT2D eigenvalue weighted by Gasteiger charge is 2.12. The van der Waals surface area contributed by atoms with E-state index in [4.69, 9.17) is 4.74 Å². The predicted molar refractivity (Wildman–Crippen MR) is 181 cm³/mol. The number of carbonyl (C=O) groups excluding carboxylic acids is 1. The largest absolute Gasteiger partial charge is 0.487 e. The molecule has 0 unspecified atom stereocenters. The number of hydrogen-bond donors (Lipinski definition) is 1. The SMILES string of the molecule is Cc1ccc(-c2ccccc2)n1-c1ccc(C(=O)N/N=C/c2cc(Br)c(OCc3ccc4ccccc4c3)c(Br)c2)cc1. The van der Waals surface area contributed by atoms with E-state index in [0.717, 1.165) is 42.7 Å². The first-order chi connectivity index (χ1) is 21.0. The van der Waals surface area contributed by atoms with Crippen molar-refractivity contribution in [1.82, 2.24) is 9.99 Å². The molecule has 5 nitrogen and oxygen atoms in total. The van der Waals surface area contributed by atoms with Crippen molar-refractivity contribution in [3.8, 4) is 22.7 Å². The van der Waals surface area contributed by atoms with E-state index in [0.29, 0.717) is 17.9 Å². The summed E-state index contributed by atoms with van der Waals surface area (Å²) in [7, 11) is 0. The first kappa shape index (κ1) is 28.6. The monoisotopic (exact) mass is 691 g/mol. The van der Waals surface area contributed by atoms with Crippen LogP contribution in [0.2, 0.25) is 0 Å². The molecule has 0 spiro atoms. The number of aromatic nitrogens is 1. The van der Waals surface area contributed by atoms with Crippen molar-refractivity contribution in [3.63, 3.8) is 0 Å². The third-order valence-corrected chi connectivity index (χ3v) is 8.31.